The van der Waals surface area contributed by atoms with E-state index in [0.29, 0.717) is 12.8 Å². The van der Waals surface area contributed by atoms with E-state index in [1.807, 2.05) is 0 Å². The van der Waals surface area contributed by atoms with E-state index in [9.17, 15) is 9.90 Å². The lowest BCUT2D eigenvalue weighted by Gasteiger charge is -2.39. The number of carbonyl (C=O) groups excluding carboxylic acids is 1. The Hall–Kier alpha value is -0.610. The summed E-state index contributed by atoms with van der Waals surface area (Å²) in [5.74, 6) is -0.838. The highest BCUT2D eigenvalue weighted by molar-refractivity contribution is 5.73. The summed E-state index contributed by atoms with van der Waals surface area (Å²) < 4.78 is 9.90. The highest BCUT2D eigenvalue weighted by Gasteiger charge is 2.42. The third-order valence-corrected chi connectivity index (χ3v) is 3.41. The first-order chi connectivity index (χ1) is 7.03. The minimum absolute atomic E-state index is 0.0517. The number of methoxy groups -OCH3 is 2. The van der Waals surface area contributed by atoms with Crippen LogP contribution in [0, 0.1) is 5.92 Å². The molecule has 0 radical (unpaired) electrons. The molecule has 3 atom stereocenters. The normalized spacial score (nSPS) is 33.5. The van der Waals surface area contributed by atoms with Crippen LogP contribution in [-0.4, -0.2) is 37.0 Å². The average Bonchev–Trinajstić information content (AvgIpc) is 2.27. The second-order valence-electron chi connectivity index (χ2n) is 4.30. The Labute approximate surface area is 90.6 Å². The molecule has 0 aliphatic heterocycles. The Morgan fingerprint density at radius 2 is 2.20 bits per heavy atom. The summed E-state index contributed by atoms with van der Waals surface area (Å²) >= 11 is 0. The molecular formula is C11H20O4. The molecule has 4 heteroatoms. The first-order valence-corrected chi connectivity index (χ1v) is 5.36. The second kappa shape index (κ2) is 4.94. The minimum atomic E-state index is -0.966. The Bertz CT molecular complexity index is 229. The molecule has 0 heterocycles. The van der Waals surface area contributed by atoms with Gasteiger partial charge in [-0.05, 0) is 26.2 Å². The maximum atomic E-state index is 11.4. The fraction of sp³-hybridized carbons (Fsp3) is 0.909. The number of ether oxygens (including phenoxy) is 2. The van der Waals surface area contributed by atoms with Crippen molar-refractivity contribution in [2.45, 2.75) is 44.3 Å². The molecule has 0 bridgehead atoms. The molecular weight excluding hydrogens is 196 g/mol. The number of aliphatic hydroxyl groups is 1. The van der Waals surface area contributed by atoms with E-state index in [2.05, 4.69) is 4.74 Å². The van der Waals surface area contributed by atoms with Crippen molar-refractivity contribution in [1.82, 2.24) is 0 Å². The van der Waals surface area contributed by atoms with Gasteiger partial charge in [-0.1, -0.05) is 0 Å². The monoisotopic (exact) mass is 216 g/mol. The Balaban J connectivity index is 2.68. The summed E-state index contributed by atoms with van der Waals surface area (Å²) in [7, 11) is 2.98. The van der Waals surface area contributed by atoms with Gasteiger partial charge in [-0.15, -0.1) is 0 Å². The van der Waals surface area contributed by atoms with Crippen molar-refractivity contribution >= 4 is 5.97 Å². The van der Waals surface area contributed by atoms with E-state index < -0.39 is 11.5 Å². The van der Waals surface area contributed by atoms with E-state index >= 15 is 0 Å². The average molecular weight is 216 g/mol. The van der Waals surface area contributed by atoms with Crippen molar-refractivity contribution in [3.63, 3.8) is 0 Å². The molecule has 1 fully saturated rings. The van der Waals surface area contributed by atoms with Gasteiger partial charge < -0.3 is 14.6 Å². The third-order valence-electron chi connectivity index (χ3n) is 3.41. The van der Waals surface area contributed by atoms with Crippen LogP contribution in [0.15, 0.2) is 0 Å². The van der Waals surface area contributed by atoms with Gasteiger partial charge in [-0.25, -0.2) is 0 Å². The SMILES string of the molecule is COC(=O)C(C)C1(O)CCCC(OC)C1. The molecule has 1 rings (SSSR count). The molecule has 15 heavy (non-hydrogen) atoms. The topological polar surface area (TPSA) is 55.8 Å². The van der Waals surface area contributed by atoms with Gasteiger partial charge in [-0.2, -0.15) is 0 Å². The highest BCUT2D eigenvalue weighted by atomic mass is 16.5. The van der Waals surface area contributed by atoms with Gasteiger partial charge in [0.05, 0.1) is 24.7 Å². The molecule has 0 aromatic rings. The molecule has 1 saturated carbocycles. The van der Waals surface area contributed by atoms with Crippen LogP contribution in [0.1, 0.15) is 32.6 Å². The molecule has 1 N–H and O–H groups in total. The zero-order valence-electron chi connectivity index (χ0n) is 9.66. The van der Waals surface area contributed by atoms with Gasteiger partial charge in [-0.3, -0.25) is 4.79 Å². The van der Waals surface area contributed by atoms with Crippen molar-refractivity contribution < 1.29 is 19.4 Å². The third kappa shape index (κ3) is 2.69. The standard InChI is InChI=1S/C11H20O4/c1-8(10(12)15-3)11(13)6-4-5-9(7-11)14-2/h8-9,13H,4-7H2,1-3H3. The minimum Gasteiger partial charge on any atom is -0.469 e. The van der Waals surface area contributed by atoms with Crippen molar-refractivity contribution in [2.75, 3.05) is 14.2 Å². The molecule has 1 aliphatic rings. The van der Waals surface area contributed by atoms with Crippen LogP contribution in [0.3, 0.4) is 0 Å². The lowest BCUT2D eigenvalue weighted by Crippen LogP contribution is -2.46. The molecule has 0 aromatic heterocycles. The summed E-state index contributed by atoms with van der Waals surface area (Å²) in [6.07, 6.45) is 3.04. The second-order valence-corrected chi connectivity index (χ2v) is 4.30. The maximum Gasteiger partial charge on any atom is 0.311 e. The Morgan fingerprint density at radius 1 is 1.53 bits per heavy atom. The fourth-order valence-corrected chi connectivity index (χ4v) is 2.22. The number of rotatable bonds is 3. The lowest BCUT2D eigenvalue weighted by molar-refractivity contribution is -0.160. The summed E-state index contributed by atoms with van der Waals surface area (Å²) in [6, 6.07) is 0. The van der Waals surface area contributed by atoms with E-state index in [4.69, 9.17) is 4.74 Å². The molecule has 0 amide bonds. The first kappa shape index (κ1) is 12.5. The van der Waals surface area contributed by atoms with Gasteiger partial charge in [0.25, 0.3) is 0 Å². The van der Waals surface area contributed by atoms with Gasteiger partial charge >= 0.3 is 5.97 Å². The van der Waals surface area contributed by atoms with Crippen LogP contribution >= 0.6 is 0 Å². The molecule has 3 unspecified atom stereocenters. The van der Waals surface area contributed by atoms with Gasteiger partial charge in [0.2, 0.25) is 0 Å². The quantitative estimate of drug-likeness (QED) is 0.718. The smallest absolute Gasteiger partial charge is 0.311 e. The first-order valence-electron chi connectivity index (χ1n) is 5.36. The van der Waals surface area contributed by atoms with Crippen LogP contribution in [0.5, 0.6) is 0 Å². The van der Waals surface area contributed by atoms with Crippen molar-refractivity contribution in [1.29, 1.82) is 0 Å². The zero-order valence-corrected chi connectivity index (χ0v) is 9.66. The molecule has 0 spiro atoms. The molecule has 88 valence electrons. The molecule has 0 aromatic carbocycles. The number of esters is 1. The fourth-order valence-electron chi connectivity index (χ4n) is 2.22. The van der Waals surface area contributed by atoms with Crippen LogP contribution in [-0.2, 0) is 14.3 Å². The lowest BCUT2D eigenvalue weighted by atomic mass is 9.75. The molecule has 0 saturated heterocycles. The van der Waals surface area contributed by atoms with Crippen LogP contribution in [0.4, 0.5) is 0 Å². The van der Waals surface area contributed by atoms with Crippen molar-refractivity contribution in [3.8, 4) is 0 Å². The largest absolute Gasteiger partial charge is 0.469 e. The Morgan fingerprint density at radius 3 is 2.73 bits per heavy atom. The predicted octanol–water partition coefficient (Wildman–Crippen LogP) is 1.12. The van der Waals surface area contributed by atoms with Crippen LogP contribution < -0.4 is 0 Å². The van der Waals surface area contributed by atoms with Gasteiger partial charge in [0, 0.05) is 13.5 Å². The predicted molar refractivity (Wildman–Crippen MR) is 55.4 cm³/mol. The number of hydrogen-bond acceptors (Lipinski definition) is 4. The molecule has 4 nitrogen and oxygen atoms in total. The molecule has 1 aliphatic carbocycles. The highest BCUT2D eigenvalue weighted by Crippen LogP contribution is 2.35. The summed E-state index contributed by atoms with van der Waals surface area (Å²) in [4.78, 5) is 11.4. The van der Waals surface area contributed by atoms with E-state index in [1.165, 1.54) is 7.11 Å². The van der Waals surface area contributed by atoms with Crippen LogP contribution in [0.25, 0.3) is 0 Å². The summed E-state index contributed by atoms with van der Waals surface area (Å²) in [5, 5.41) is 10.4. The number of hydrogen-bond donors (Lipinski definition) is 1. The zero-order chi connectivity index (χ0) is 11.5. The van der Waals surface area contributed by atoms with Gasteiger partial charge in [0.15, 0.2) is 0 Å². The van der Waals surface area contributed by atoms with Crippen LogP contribution in [0.2, 0.25) is 0 Å². The number of carbonyl (C=O) groups is 1. The van der Waals surface area contributed by atoms with Gasteiger partial charge in [0.1, 0.15) is 0 Å². The summed E-state index contributed by atoms with van der Waals surface area (Å²) in [5.41, 5.74) is -0.966. The van der Waals surface area contributed by atoms with E-state index in [-0.39, 0.29) is 12.1 Å². The maximum absolute atomic E-state index is 11.4. The van der Waals surface area contributed by atoms with E-state index in [0.717, 1.165) is 12.8 Å². The van der Waals surface area contributed by atoms with Crippen molar-refractivity contribution in [2.24, 2.45) is 5.92 Å². The van der Waals surface area contributed by atoms with Crippen molar-refractivity contribution in [3.05, 3.63) is 0 Å². The summed E-state index contributed by atoms with van der Waals surface area (Å²) in [6.45, 7) is 1.71. The Kier molecular flexibility index (Phi) is 4.11. The van der Waals surface area contributed by atoms with E-state index in [1.54, 1.807) is 14.0 Å².